The number of benzene rings is 1. The third-order valence-electron chi connectivity index (χ3n) is 5.33. The molecule has 0 fully saturated rings. The van der Waals surface area contributed by atoms with Gasteiger partial charge in [0.2, 0.25) is 0 Å². The van der Waals surface area contributed by atoms with Crippen molar-refractivity contribution in [3.63, 3.8) is 0 Å². The maximum absolute atomic E-state index is 12.3. The minimum atomic E-state index is -0.587. The van der Waals surface area contributed by atoms with Crippen molar-refractivity contribution in [2.45, 2.75) is 110 Å². The first kappa shape index (κ1) is 26.2. The van der Waals surface area contributed by atoms with Gasteiger partial charge in [0, 0.05) is 12.0 Å². The van der Waals surface area contributed by atoms with Crippen molar-refractivity contribution in [1.82, 2.24) is 0 Å². The lowest BCUT2D eigenvalue weighted by atomic mass is 10.0. The van der Waals surface area contributed by atoms with Gasteiger partial charge in [0.25, 0.3) is 0 Å². The topological polar surface area (TPSA) is 52.6 Å². The molecule has 170 valence electrons. The van der Waals surface area contributed by atoms with Gasteiger partial charge >= 0.3 is 5.97 Å². The monoisotopic (exact) mass is 418 g/mol. The van der Waals surface area contributed by atoms with E-state index in [0.717, 1.165) is 25.7 Å². The van der Waals surface area contributed by atoms with E-state index in [4.69, 9.17) is 9.47 Å². The molecule has 0 saturated heterocycles. The van der Waals surface area contributed by atoms with Crippen molar-refractivity contribution in [2.24, 2.45) is 0 Å². The zero-order chi connectivity index (χ0) is 22.0. The van der Waals surface area contributed by atoms with Crippen LogP contribution in [0.4, 0.5) is 0 Å². The normalized spacial score (nSPS) is 11.8. The zero-order valence-corrected chi connectivity index (χ0v) is 19.4. The van der Waals surface area contributed by atoms with Crippen molar-refractivity contribution in [1.29, 1.82) is 0 Å². The van der Waals surface area contributed by atoms with Crippen LogP contribution in [0.25, 0.3) is 0 Å². The summed E-state index contributed by atoms with van der Waals surface area (Å²) in [7, 11) is 0. The van der Waals surface area contributed by atoms with Gasteiger partial charge in [-0.05, 0) is 50.5 Å². The minimum Gasteiger partial charge on any atom is -0.479 e. The van der Waals surface area contributed by atoms with Gasteiger partial charge in [0.05, 0.1) is 6.61 Å². The van der Waals surface area contributed by atoms with Gasteiger partial charge in [-0.3, -0.25) is 4.79 Å². The molecule has 0 radical (unpaired) electrons. The number of carbonyl (C=O) groups is 2. The Kier molecular flexibility index (Phi) is 14.8. The summed E-state index contributed by atoms with van der Waals surface area (Å²) in [6, 6.07) is 7.18. The molecule has 1 unspecified atom stereocenters. The smallest absolute Gasteiger partial charge is 0.347 e. The number of hydrogen-bond donors (Lipinski definition) is 0. The SMILES string of the molecule is CCCCCCCCC(Oc1ccc(C(=O)CCCCCCC)cc1)C(=O)OCC. The van der Waals surface area contributed by atoms with Gasteiger partial charge < -0.3 is 9.47 Å². The molecular weight excluding hydrogens is 376 g/mol. The van der Waals surface area contributed by atoms with Crippen molar-refractivity contribution in [2.75, 3.05) is 6.61 Å². The van der Waals surface area contributed by atoms with E-state index in [1.807, 2.05) is 6.92 Å². The van der Waals surface area contributed by atoms with Crippen LogP contribution >= 0.6 is 0 Å². The van der Waals surface area contributed by atoms with Gasteiger partial charge in [0.15, 0.2) is 11.9 Å². The van der Waals surface area contributed by atoms with E-state index in [1.165, 1.54) is 44.9 Å². The van der Waals surface area contributed by atoms with E-state index in [1.54, 1.807) is 24.3 Å². The first-order valence-electron chi connectivity index (χ1n) is 12.1. The first-order valence-corrected chi connectivity index (χ1v) is 12.1. The van der Waals surface area contributed by atoms with Gasteiger partial charge in [-0.15, -0.1) is 0 Å². The third-order valence-corrected chi connectivity index (χ3v) is 5.33. The molecule has 30 heavy (non-hydrogen) atoms. The lowest BCUT2D eigenvalue weighted by Crippen LogP contribution is -2.29. The highest BCUT2D eigenvalue weighted by Gasteiger charge is 2.21. The summed E-state index contributed by atoms with van der Waals surface area (Å²) in [6.45, 7) is 6.55. The number of Topliss-reactive ketones (excluding diaryl/α,β-unsaturated/α-hetero) is 1. The molecule has 1 atom stereocenters. The molecule has 1 aromatic carbocycles. The van der Waals surface area contributed by atoms with Crippen LogP contribution < -0.4 is 4.74 Å². The highest BCUT2D eigenvalue weighted by atomic mass is 16.6. The fraction of sp³-hybridized carbons (Fsp3) is 0.692. The second-order valence-corrected chi connectivity index (χ2v) is 8.03. The Labute approximate surface area is 183 Å². The molecule has 1 rings (SSSR count). The fourth-order valence-electron chi connectivity index (χ4n) is 3.49. The van der Waals surface area contributed by atoms with Crippen LogP contribution in [0.5, 0.6) is 5.75 Å². The molecule has 0 aromatic heterocycles. The average Bonchev–Trinajstić information content (AvgIpc) is 2.75. The Bertz CT molecular complexity index is 579. The van der Waals surface area contributed by atoms with Crippen LogP contribution in [-0.2, 0) is 9.53 Å². The number of rotatable bonds is 18. The van der Waals surface area contributed by atoms with Crippen LogP contribution in [0.15, 0.2) is 24.3 Å². The molecule has 0 heterocycles. The van der Waals surface area contributed by atoms with E-state index in [0.29, 0.717) is 30.8 Å². The Hall–Kier alpha value is -1.84. The van der Waals surface area contributed by atoms with E-state index in [9.17, 15) is 9.59 Å². The Morgan fingerprint density at radius 2 is 1.33 bits per heavy atom. The van der Waals surface area contributed by atoms with Gasteiger partial charge in [0.1, 0.15) is 5.75 Å². The third kappa shape index (κ3) is 11.4. The maximum Gasteiger partial charge on any atom is 0.347 e. The number of ketones is 1. The molecule has 0 aliphatic heterocycles. The highest BCUT2D eigenvalue weighted by Crippen LogP contribution is 2.19. The molecular formula is C26H42O4. The van der Waals surface area contributed by atoms with Gasteiger partial charge in [-0.25, -0.2) is 4.79 Å². The maximum atomic E-state index is 12.3. The second kappa shape index (κ2) is 16.9. The van der Waals surface area contributed by atoms with Crippen LogP contribution in [0.1, 0.15) is 115 Å². The largest absolute Gasteiger partial charge is 0.479 e. The lowest BCUT2D eigenvalue weighted by molar-refractivity contribution is -0.151. The number of ether oxygens (including phenoxy) is 2. The Balaban J connectivity index is 2.51. The predicted molar refractivity (Wildman–Crippen MR) is 123 cm³/mol. The van der Waals surface area contributed by atoms with Crippen molar-refractivity contribution in [3.8, 4) is 5.75 Å². The molecule has 0 amide bonds. The molecule has 0 aliphatic rings. The number of hydrogen-bond acceptors (Lipinski definition) is 4. The zero-order valence-electron chi connectivity index (χ0n) is 19.4. The first-order chi connectivity index (χ1) is 14.6. The fourth-order valence-corrected chi connectivity index (χ4v) is 3.49. The number of carbonyl (C=O) groups excluding carboxylic acids is 2. The van der Waals surface area contributed by atoms with Gasteiger partial charge in [-0.1, -0.05) is 71.6 Å². The summed E-state index contributed by atoms with van der Waals surface area (Å²) in [6.07, 6.45) is 13.3. The summed E-state index contributed by atoms with van der Waals surface area (Å²) in [4.78, 5) is 24.6. The number of esters is 1. The summed E-state index contributed by atoms with van der Waals surface area (Å²) < 4.78 is 11.1. The molecule has 0 N–H and O–H groups in total. The van der Waals surface area contributed by atoms with E-state index < -0.39 is 6.10 Å². The molecule has 1 aromatic rings. The standard InChI is InChI=1S/C26H42O4/c1-4-7-9-11-13-15-17-25(26(28)29-6-3)30-23-20-18-22(19-21-23)24(27)16-14-12-10-8-5-2/h18-21,25H,4-17H2,1-3H3. The predicted octanol–water partition coefficient (Wildman–Crippen LogP) is 7.29. The van der Waals surface area contributed by atoms with E-state index in [2.05, 4.69) is 13.8 Å². The van der Waals surface area contributed by atoms with Crippen molar-refractivity contribution < 1.29 is 19.1 Å². The Morgan fingerprint density at radius 1 is 0.767 bits per heavy atom. The average molecular weight is 419 g/mol. The van der Waals surface area contributed by atoms with E-state index >= 15 is 0 Å². The lowest BCUT2D eigenvalue weighted by Gasteiger charge is -2.18. The van der Waals surface area contributed by atoms with Crippen LogP contribution in [-0.4, -0.2) is 24.5 Å². The second-order valence-electron chi connectivity index (χ2n) is 8.03. The molecule has 0 spiro atoms. The summed E-state index contributed by atoms with van der Waals surface area (Å²) in [5.74, 6) is 0.476. The molecule has 0 saturated carbocycles. The molecule has 4 heteroatoms. The van der Waals surface area contributed by atoms with Crippen LogP contribution in [0, 0.1) is 0 Å². The van der Waals surface area contributed by atoms with Crippen molar-refractivity contribution >= 4 is 11.8 Å². The summed E-state index contributed by atoms with van der Waals surface area (Å²) >= 11 is 0. The molecule has 0 bridgehead atoms. The van der Waals surface area contributed by atoms with Crippen LogP contribution in [0.3, 0.4) is 0 Å². The van der Waals surface area contributed by atoms with Crippen molar-refractivity contribution in [3.05, 3.63) is 29.8 Å². The quantitative estimate of drug-likeness (QED) is 0.143. The summed E-state index contributed by atoms with van der Waals surface area (Å²) in [5, 5.41) is 0. The minimum absolute atomic E-state index is 0.173. The van der Waals surface area contributed by atoms with Gasteiger partial charge in [-0.2, -0.15) is 0 Å². The molecule has 0 aliphatic carbocycles. The van der Waals surface area contributed by atoms with Crippen LogP contribution in [0.2, 0.25) is 0 Å². The highest BCUT2D eigenvalue weighted by molar-refractivity contribution is 5.96. The number of unbranched alkanes of at least 4 members (excludes halogenated alkanes) is 9. The van der Waals surface area contributed by atoms with E-state index in [-0.39, 0.29) is 11.8 Å². The molecule has 4 nitrogen and oxygen atoms in total. The Morgan fingerprint density at radius 3 is 1.93 bits per heavy atom. The summed E-state index contributed by atoms with van der Waals surface area (Å²) in [5.41, 5.74) is 0.710.